The number of rotatable bonds is 7. The highest BCUT2D eigenvalue weighted by Crippen LogP contribution is 2.36. The Morgan fingerprint density at radius 1 is 1.03 bits per heavy atom. The first-order valence-corrected chi connectivity index (χ1v) is 10.5. The van der Waals surface area contributed by atoms with Gasteiger partial charge in [-0.25, -0.2) is 5.43 Å². The Bertz CT molecular complexity index is 1320. The summed E-state index contributed by atoms with van der Waals surface area (Å²) in [7, 11) is 1.52. The Hall–Kier alpha value is -4.03. The van der Waals surface area contributed by atoms with E-state index in [4.69, 9.17) is 21.1 Å². The van der Waals surface area contributed by atoms with E-state index in [1.807, 2.05) is 54.6 Å². The number of aromatic hydroxyl groups is 1. The molecule has 33 heavy (non-hydrogen) atoms. The van der Waals surface area contributed by atoms with Crippen LogP contribution in [0.5, 0.6) is 17.2 Å². The van der Waals surface area contributed by atoms with Gasteiger partial charge in [-0.05, 0) is 46.2 Å². The molecule has 0 atom stereocenters. The Morgan fingerprint density at radius 3 is 2.45 bits per heavy atom. The summed E-state index contributed by atoms with van der Waals surface area (Å²) in [6.07, 6.45) is 1.44. The predicted octanol–water partition coefficient (Wildman–Crippen LogP) is 5.55. The SMILES string of the molecule is COc1cc(C=NNC(=O)c2cc3ccccc3cc2O)cc(Cl)c1OCc1ccccc1. The maximum Gasteiger partial charge on any atom is 0.275 e. The molecular formula is C26H21ClN2O4. The van der Waals surface area contributed by atoms with Gasteiger partial charge in [0.25, 0.3) is 5.91 Å². The zero-order chi connectivity index (χ0) is 23.2. The Balaban J connectivity index is 1.47. The smallest absolute Gasteiger partial charge is 0.275 e. The first-order valence-electron chi connectivity index (χ1n) is 10.1. The van der Waals surface area contributed by atoms with Crippen molar-refractivity contribution < 1.29 is 19.4 Å². The van der Waals surface area contributed by atoms with Gasteiger partial charge in [0.15, 0.2) is 11.5 Å². The fourth-order valence-electron chi connectivity index (χ4n) is 3.32. The van der Waals surface area contributed by atoms with Crippen LogP contribution < -0.4 is 14.9 Å². The van der Waals surface area contributed by atoms with Crippen LogP contribution in [0.1, 0.15) is 21.5 Å². The average molecular weight is 461 g/mol. The van der Waals surface area contributed by atoms with E-state index < -0.39 is 5.91 Å². The molecule has 166 valence electrons. The van der Waals surface area contributed by atoms with Gasteiger partial charge in [-0.15, -0.1) is 0 Å². The number of fused-ring (bicyclic) bond motifs is 1. The molecule has 0 bridgehead atoms. The third-order valence-corrected chi connectivity index (χ3v) is 5.25. The van der Waals surface area contributed by atoms with Gasteiger partial charge < -0.3 is 14.6 Å². The van der Waals surface area contributed by atoms with Crippen LogP contribution in [0.2, 0.25) is 5.02 Å². The van der Waals surface area contributed by atoms with E-state index >= 15 is 0 Å². The Kier molecular flexibility index (Phi) is 6.76. The molecule has 0 heterocycles. The van der Waals surface area contributed by atoms with E-state index in [2.05, 4.69) is 10.5 Å². The summed E-state index contributed by atoms with van der Waals surface area (Å²) in [4.78, 5) is 12.5. The second kappa shape index (κ2) is 10.1. The predicted molar refractivity (Wildman–Crippen MR) is 129 cm³/mol. The topological polar surface area (TPSA) is 80.2 Å². The molecule has 0 spiro atoms. The highest BCUT2D eigenvalue weighted by atomic mass is 35.5. The van der Waals surface area contributed by atoms with Crippen LogP contribution >= 0.6 is 11.6 Å². The maximum atomic E-state index is 12.5. The molecule has 0 unspecified atom stereocenters. The molecule has 0 saturated carbocycles. The number of hydrogen-bond acceptors (Lipinski definition) is 5. The van der Waals surface area contributed by atoms with Crippen LogP contribution in [0.15, 0.2) is 84.0 Å². The van der Waals surface area contributed by atoms with E-state index in [9.17, 15) is 9.90 Å². The fraction of sp³-hybridized carbons (Fsp3) is 0.0769. The minimum Gasteiger partial charge on any atom is -0.507 e. The molecule has 7 heteroatoms. The molecule has 2 N–H and O–H groups in total. The Morgan fingerprint density at radius 2 is 1.73 bits per heavy atom. The molecule has 0 aliphatic heterocycles. The van der Waals surface area contributed by atoms with Crippen LogP contribution in [0, 0.1) is 0 Å². The number of methoxy groups -OCH3 is 1. The second-order valence-corrected chi connectivity index (χ2v) is 7.63. The molecule has 0 aliphatic rings. The summed E-state index contributed by atoms with van der Waals surface area (Å²) in [6.45, 7) is 0.343. The van der Waals surface area contributed by atoms with E-state index in [1.54, 1.807) is 24.3 Å². The van der Waals surface area contributed by atoms with E-state index in [-0.39, 0.29) is 11.3 Å². The lowest BCUT2D eigenvalue weighted by Gasteiger charge is -2.13. The molecule has 0 radical (unpaired) electrons. The lowest BCUT2D eigenvalue weighted by Crippen LogP contribution is -2.17. The third kappa shape index (κ3) is 5.25. The number of hydrazone groups is 1. The van der Waals surface area contributed by atoms with Crippen molar-refractivity contribution in [1.29, 1.82) is 0 Å². The van der Waals surface area contributed by atoms with Gasteiger partial charge in [-0.2, -0.15) is 5.10 Å². The van der Waals surface area contributed by atoms with Gasteiger partial charge in [0.05, 0.1) is 23.9 Å². The Labute approximate surface area is 196 Å². The van der Waals surface area contributed by atoms with Crippen molar-refractivity contribution in [2.24, 2.45) is 5.10 Å². The summed E-state index contributed by atoms with van der Waals surface area (Å²) in [6, 6.07) is 23.7. The van der Waals surface area contributed by atoms with Crippen molar-refractivity contribution in [1.82, 2.24) is 5.43 Å². The largest absolute Gasteiger partial charge is 0.507 e. The summed E-state index contributed by atoms with van der Waals surface area (Å²) < 4.78 is 11.3. The van der Waals surface area contributed by atoms with Crippen LogP contribution in [0.4, 0.5) is 0 Å². The molecule has 0 saturated heterocycles. The van der Waals surface area contributed by atoms with Crippen molar-refractivity contribution >= 4 is 34.5 Å². The van der Waals surface area contributed by atoms with Gasteiger partial charge in [0.2, 0.25) is 0 Å². The number of ether oxygens (including phenoxy) is 2. The van der Waals surface area contributed by atoms with Crippen molar-refractivity contribution in [2.75, 3.05) is 7.11 Å². The van der Waals surface area contributed by atoms with E-state index in [1.165, 1.54) is 13.3 Å². The van der Waals surface area contributed by atoms with Crippen LogP contribution in [-0.2, 0) is 6.61 Å². The molecule has 0 aromatic heterocycles. The van der Waals surface area contributed by atoms with Gasteiger partial charge >= 0.3 is 0 Å². The number of hydrogen-bond donors (Lipinski definition) is 2. The molecule has 4 aromatic rings. The number of carbonyl (C=O) groups is 1. The summed E-state index contributed by atoms with van der Waals surface area (Å²) in [5, 5.41) is 16.2. The molecule has 6 nitrogen and oxygen atoms in total. The average Bonchev–Trinajstić information content (AvgIpc) is 2.83. The molecule has 4 aromatic carbocycles. The standard InChI is InChI=1S/C26H21ClN2O4/c1-32-24-12-18(11-22(27)25(24)33-16-17-7-3-2-4-8-17)15-28-29-26(31)21-13-19-9-5-6-10-20(19)14-23(21)30/h2-15,30H,16H2,1H3,(H,29,31). The quantitative estimate of drug-likeness (QED) is 0.280. The van der Waals surface area contributed by atoms with Gasteiger partial charge in [0, 0.05) is 0 Å². The van der Waals surface area contributed by atoms with Gasteiger partial charge in [0.1, 0.15) is 12.4 Å². The van der Waals surface area contributed by atoms with Crippen molar-refractivity contribution in [3.8, 4) is 17.2 Å². The second-order valence-electron chi connectivity index (χ2n) is 7.22. The number of phenols is 1. The molecule has 1 amide bonds. The van der Waals surface area contributed by atoms with Gasteiger partial charge in [-0.3, -0.25) is 4.79 Å². The number of benzene rings is 4. The number of phenolic OH excluding ortho intramolecular Hbond substituents is 1. The number of halogens is 1. The molecular weight excluding hydrogens is 440 g/mol. The minimum absolute atomic E-state index is 0.119. The first-order chi connectivity index (χ1) is 16.0. The van der Waals surface area contributed by atoms with Crippen molar-refractivity contribution in [2.45, 2.75) is 6.61 Å². The van der Waals surface area contributed by atoms with Crippen molar-refractivity contribution in [3.05, 3.63) is 101 Å². The normalized spacial score (nSPS) is 11.0. The lowest BCUT2D eigenvalue weighted by atomic mass is 10.1. The highest BCUT2D eigenvalue weighted by molar-refractivity contribution is 6.32. The minimum atomic E-state index is -0.532. The van der Waals surface area contributed by atoms with Crippen LogP contribution in [0.25, 0.3) is 10.8 Å². The van der Waals surface area contributed by atoms with Crippen molar-refractivity contribution in [3.63, 3.8) is 0 Å². The lowest BCUT2D eigenvalue weighted by molar-refractivity contribution is 0.0952. The zero-order valence-electron chi connectivity index (χ0n) is 17.8. The monoisotopic (exact) mass is 460 g/mol. The van der Waals surface area contributed by atoms with Gasteiger partial charge in [-0.1, -0.05) is 66.2 Å². The number of nitrogens with zero attached hydrogens (tertiary/aromatic N) is 1. The summed E-state index contributed by atoms with van der Waals surface area (Å²) >= 11 is 6.41. The number of nitrogens with one attached hydrogen (secondary N) is 1. The first kappa shape index (κ1) is 22.2. The number of amides is 1. The summed E-state index contributed by atoms with van der Waals surface area (Å²) in [5.74, 6) is 0.213. The summed E-state index contributed by atoms with van der Waals surface area (Å²) in [5.41, 5.74) is 4.16. The van der Waals surface area contributed by atoms with Crippen LogP contribution in [-0.4, -0.2) is 24.3 Å². The molecule has 0 fully saturated rings. The fourth-order valence-corrected chi connectivity index (χ4v) is 3.59. The maximum absolute atomic E-state index is 12.5. The molecule has 0 aliphatic carbocycles. The molecule has 4 rings (SSSR count). The van der Waals surface area contributed by atoms with Crippen LogP contribution in [0.3, 0.4) is 0 Å². The highest BCUT2D eigenvalue weighted by Gasteiger charge is 2.13. The van der Waals surface area contributed by atoms with E-state index in [0.29, 0.717) is 28.7 Å². The zero-order valence-corrected chi connectivity index (χ0v) is 18.5. The van der Waals surface area contributed by atoms with E-state index in [0.717, 1.165) is 16.3 Å². The third-order valence-electron chi connectivity index (χ3n) is 4.97. The number of carbonyl (C=O) groups excluding carboxylic acids is 1.